The first kappa shape index (κ1) is 14.9. The highest BCUT2D eigenvalue weighted by molar-refractivity contribution is 9.10. The lowest BCUT2D eigenvalue weighted by atomic mass is 10.0. The second-order valence-electron chi connectivity index (χ2n) is 4.83. The van der Waals surface area contributed by atoms with Crippen molar-refractivity contribution in [1.82, 2.24) is 10.0 Å². The maximum atomic E-state index is 13.3. The molecule has 2 rings (SSSR count). The molecule has 1 fully saturated rings. The Morgan fingerprint density at radius 3 is 2.84 bits per heavy atom. The average molecular weight is 351 g/mol. The number of hydrogen-bond donors (Lipinski definition) is 2. The second-order valence-corrected chi connectivity index (χ2v) is 7.52. The van der Waals surface area contributed by atoms with Crippen LogP contribution in [0.2, 0.25) is 0 Å². The first-order chi connectivity index (χ1) is 8.83. The predicted octanol–water partition coefficient (Wildman–Crippen LogP) is 1.41. The first-order valence-electron chi connectivity index (χ1n) is 5.99. The molecule has 1 heterocycles. The van der Waals surface area contributed by atoms with Crippen molar-refractivity contribution in [3.05, 3.63) is 34.1 Å². The Kier molecular flexibility index (Phi) is 4.60. The molecule has 0 aliphatic carbocycles. The van der Waals surface area contributed by atoms with E-state index in [9.17, 15) is 12.8 Å². The van der Waals surface area contributed by atoms with Crippen LogP contribution in [0.25, 0.3) is 0 Å². The van der Waals surface area contributed by atoms with Crippen molar-refractivity contribution in [2.24, 2.45) is 0 Å². The normalized spacial score (nSPS) is 23.7. The van der Waals surface area contributed by atoms with Crippen LogP contribution >= 0.6 is 15.9 Å². The van der Waals surface area contributed by atoms with Crippen LogP contribution in [0.4, 0.5) is 4.39 Å². The van der Waals surface area contributed by atoms with E-state index in [4.69, 9.17) is 0 Å². The fraction of sp³-hybridized carbons (Fsp3) is 0.500. The molecule has 0 spiro atoms. The molecule has 7 heteroatoms. The predicted molar refractivity (Wildman–Crippen MR) is 76.0 cm³/mol. The minimum atomic E-state index is -3.22. The average Bonchev–Trinajstić information content (AvgIpc) is 2.61. The minimum absolute atomic E-state index is 0.0107. The summed E-state index contributed by atoms with van der Waals surface area (Å²) in [5.41, 5.74) is 0.839. The summed E-state index contributed by atoms with van der Waals surface area (Å²) in [6.45, 7) is 0.758. The van der Waals surface area contributed by atoms with E-state index in [1.54, 1.807) is 0 Å². The van der Waals surface area contributed by atoms with Gasteiger partial charge in [-0.15, -0.1) is 0 Å². The van der Waals surface area contributed by atoms with Gasteiger partial charge in [0.1, 0.15) is 5.82 Å². The van der Waals surface area contributed by atoms with E-state index in [1.807, 2.05) is 6.07 Å². The molecular weight excluding hydrogens is 335 g/mol. The van der Waals surface area contributed by atoms with Crippen molar-refractivity contribution >= 4 is 26.0 Å². The van der Waals surface area contributed by atoms with Crippen LogP contribution < -0.4 is 10.0 Å². The van der Waals surface area contributed by atoms with E-state index >= 15 is 0 Å². The largest absolute Gasteiger partial charge is 0.312 e. The highest BCUT2D eigenvalue weighted by atomic mass is 79.9. The molecule has 4 nitrogen and oxygen atoms in total. The number of rotatable bonds is 4. The summed E-state index contributed by atoms with van der Waals surface area (Å²) in [5.74, 6) is -0.296. The lowest BCUT2D eigenvalue weighted by Crippen LogP contribution is -2.44. The summed E-state index contributed by atoms with van der Waals surface area (Å²) in [6.07, 6.45) is 2.49. The van der Waals surface area contributed by atoms with Crippen molar-refractivity contribution < 1.29 is 12.8 Å². The van der Waals surface area contributed by atoms with Gasteiger partial charge in [-0.25, -0.2) is 17.5 Å². The van der Waals surface area contributed by atoms with Crippen LogP contribution in [0.3, 0.4) is 0 Å². The highest BCUT2D eigenvalue weighted by Crippen LogP contribution is 2.19. The molecule has 0 saturated carbocycles. The van der Waals surface area contributed by atoms with Gasteiger partial charge < -0.3 is 5.32 Å². The number of benzene rings is 1. The van der Waals surface area contributed by atoms with Gasteiger partial charge in [0, 0.05) is 16.6 Å². The maximum Gasteiger partial charge on any atom is 0.209 e. The van der Waals surface area contributed by atoms with Crippen LogP contribution in [0.1, 0.15) is 12.0 Å². The summed E-state index contributed by atoms with van der Waals surface area (Å²) in [4.78, 5) is 0. The molecule has 2 N–H and O–H groups in total. The smallest absolute Gasteiger partial charge is 0.209 e. The summed E-state index contributed by atoms with van der Waals surface area (Å²) < 4.78 is 39.2. The molecule has 2 atom stereocenters. The van der Waals surface area contributed by atoms with E-state index in [-0.39, 0.29) is 17.9 Å². The third-order valence-corrected chi connectivity index (χ3v) is 4.28. The van der Waals surface area contributed by atoms with Crippen LogP contribution in [-0.2, 0) is 16.4 Å². The van der Waals surface area contributed by atoms with Gasteiger partial charge >= 0.3 is 0 Å². The minimum Gasteiger partial charge on any atom is -0.312 e. The summed E-state index contributed by atoms with van der Waals surface area (Å²) in [6, 6.07) is 4.57. The van der Waals surface area contributed by atoms with Gasteiger partial charge in [-0.3, -0.25) is 0 Å². The van der Waals surface area contributed by atoms with E-state index < -0.39 is 10.0 Å². The van der Waals surface area contributed by atoms with Crippen LogP contribution in [-0.4, -0.2) is 33.3 Å². The molecule has 0 radical (unpaired) electrons. The molecule has 0 amide bonds. The van der Waals surface area contributed by atoms with Crippen LogP contribution in [0.5, 0.6) is 0 Å². The van der Waals surface area contributed by atoms with Crippen molar-refractivity contribution in [3.63, 3.8) is 0 Å². The number of sulfonamides is 1. The van der Waals surface area contributed by atoms with E-state index in [2.05, 4.69) is 26.0 Å². The monoisotopic (exact) mass is 350 g/mol. The van der Waals surface area contributed by atoms with Crippen LogP contribution in [0, 0.1) is 5.82 Å². The van der Waals surface area contributed by atoms with Gasteiger partial charge in [-0.1, -0.05) is 15.9 Å². The van der Waals surface area contributed by atoms with Crippen molar-refractivity contribution in [1.29, 1.82) is 0 Å². The molecule has 1 aromatic carbocycles. The zero-order valence-electron chi connectivity index (χ0n) is 10.5. The van der Waals surface area contributed by atoms with Crippen molar-refractivity contribution in [3.8, 4) is 0 Å². The third-order valence-electron chi connectivity index (χ3n) is 3.09. The van der Waals surface area contributed by atoms with Gasteiger partial charge in [-0.2, -0.15) is 0 Å². The lowest BCUT2D eigenvalue weighted by Gasteiger charge is -2.20. The van der Waals surface area contributed by atoms with Gasteiger partial charge in [-0.05, 0) is 43.1 Å². The Labute approximate surface area is 121 Å². The number of halogens is 2. The molecule has 1 aromatic rings. The molecule has 1 aliphatic heterocycles. The molecule has 0 bridgehead atoms. The number of hydrogen-bond acceptors (Lipinski definition) is 3. The summed E-state index contributed by atoms with van der Waals surface area (Å²) in [5, 5.41) is 3.25. The number of nitrogens with one attached hydrogen (secondary N) is 2. The Morgan fingerprint density at radius 1 is 1.47 bits per heavy atom. The maximum absolute atomic E-state index is 13.3. The van der Waals surface area contributed by atoms with Crippen molar-refractivity contribution in [2.75, 3.05) is 12.8 Å². The van der Waals surface area contributed by atoms with E-state index in [0.29, 0.717) is 10.9 Å². The topological polar surface area (TPSA) is 58.2 Å². The Morgan fingerprint density at radius 2 is 2.21 bits per heavy atom. The van der Waals surface area contributed by atoms with E-state index in [1.165, 1.54) is 12.1 Å². The van der Waals surface area contributed by atoms with Gasteiger partial charge in [0.25, 0.3) is 0 Å². The van der Waals surface area contributed by atoms with Gasteiger partial charge in [0.05, 0.1) is 6.26 Å². The molecule has 1 aliphatic rings. The highest BCUT2D eigenvalue weighted by Gasteiger charge is 2.29. The zero-order chi connectivity index (χ0) is 14.0. The lowest BCUT2D eigenvalue weighted by molar-refractivity contribution is 0.493. The zero-order valence-corrected chi connectivity index (χ0v) is 12.9. The van der Waals surface area contributed by atoms with Crippen LogP contribution in [0.15, 0.2) is 22.7 Å². The Bertz CT molecular complexity index is 545. The first-order valence-corrected chi connectivity index (χ1v) is 8.67. The molecule has 0 aromatic heterocycles. The Hall–Kier alpha value is -0.500. The fourth-order valence-corrected chi connectivity index (χ4v) is 3.73. The quantitative estimate of drug-likeness (QED) is 0.863. The molecule has 1 saturated heterocycles. The standard InChI is InChI=1S/C12H16BrFN2O2S/c1-19(17,18)16-11-2-3-15-12(11)6-8-4-9(13)7-10(14)5-8/h4-5,7,11-12,15-16H,2-3,6H2,1H3/t11-,12-/m0/s1. The molecule has 19 heavy (non-hydrogen) atoms. The molecular formula is C12H16BrFN2O2S. The fourth-order valence-electron chi connectivity index (χ4n) is 2.38. The molecule has 0 unspecified atom stereocenters. The summed E-state index contributed by atoms with van der Waals surface area (Å²) >= 11 is 3.25. The third kappa shape index (κ3) is 4.52. The second kappa shape index (κ2) is 5.87. The van der Waals surface area contributed by atoms with E-state index in [0.717, 1.165) is 24.8 Å². The SMILES string of the molecule is CS(=O)(=O)N[C@H]1CCN[C@H]1Cc1cc(F)cc(Br)c1. The van der Waals surface area contributed by atoms with Gasteiger partial charge in [0.2, 0.25) is 10.0 Å². The van der Waals surface area contributed by atoms with Gasteiger partial charge in [0.15, 0.2) is 0 Å². The summed E-state index contributed by atoms with van der Waals surface area (Å²) in [7, 11) is -3.22. The van der Waals surface area contributed by atoms with Crippen molar-refractivity contribution in [2.45, 2.75) is 24.9 Å². The molecule has 106 valence electrons. The Balaban J connectivity index is 2.09.